The number of nitrogens with one attached hydrogen (secondary N) is 2. The van der Waals surface area contributed by atoms with Crippen LogP contribution in [0.15, 0.2) is 29.3 Å². The average molecular weight is 305 g/mol. The van der Waals surface area contributed by atoms with Gasteiger partial charge in [-0.15, -0.1) is 0 Å². The summed E-state index contributed by atoms with van der Waals surface area (Å²) in [5, 5.41) is 6.68. The van der Waals surface area contributed by atoms with Crippen molar-refractivity contribution >= 4 is 5.96 Å². The van der Waals surface area contributed by atoms with Crippen molar-refractivity contribution in [3.8, 4) is 5.75 Å². The lowest BCUT2D eigenvalue weighted by Crippen LogP contribution is -2.45. The number of para-hydroxylation sites is 1. The zero-order valence-electron chi connectivity index (χ0n) is 13.8. The first-order chi connectivity index (χ1) is 10.7. The molecule has 1 heterocycles. The molecular weight excluding hydrogens is 278 g/mol. The minimum Gasteiger partial charge on any atom is -0.494 e. The van der Waals surface area contributed by atoms with Crippen LogP contribution in [0.2, 0.25) is 0 Å². The summed E-state index contributed by atoms with van der Waals surface area (Å²) in [5.74, 6) is 1.70. The van der Waals surface area contributed by atoms with Gasteiger partial charge in [0.25, 0.3) is 0 Å². The zero-order valence-corrected chi connectivity index (χ0v) is 13.8. The third kappa shape index (κ3) is 4.63. The van der Waals surface area contributed by atoms with Crippen LogP contribution in [0.4, 0.5) is 0 Å². The molecule has 0 saturated carbocycles. The quantitative estimate of drug-likeness (QED) is 0.625. The Morgan fingerprint density at radius 1 is 1.36 bits per heavy atom. The number of benzene rings is 1. The van der Waals surface area contributed by atoms with Gasteiger partial charge >= 0.3 is 0 Å². The first kappa shape index (κ1) is 16.6. The Balaban J connectivity index is 1.86. The second-order valence-corrected chi connectivity index (χ2v) is 5.72. The van der Waals surface area contributed by atoms with Crippen LogP contribution in [-0.4, -0.2) is 38.4 Å². The van der Waals surface area contributed by atoms with Crippen LogP contribution in [-0.2, 0) is 11.3 Å². The Morgan fingerprint density at radius 2 is 2.18 bits per heavy atom. The van der Waals surface area contributed by atoms with E-state index in [1.807, 2.05) is 25.1 Å². The highest BCUT2D eigenvalue weighted by molar-refractivity contribution is 5.79. The van der Waals surface area contributed by atoms with Gasteiger partial charge in [0.15, 0.2) is 5.96 Å². The van der Waals surface area contributed by atoms with E-state index in [-0.39, 0.29) is 5.60 Å². The fourth-order valence-electron chi connectivity index (χ4n) is 2.59. The summed E-state index contributed by atoms with van der Waals surface area (Å²) in [6, 6.07) is 8.06. The first-order valence-electron chi connectivity index (χ1n) is 7.96. The Hall–Kier alpha value is -1.75. The highest BCUT2D eigenvalue weighted by Crippen LogP contribution is 2.23. The maximum absolute atomic E-state index is 5.78. The number of hydrogen-bond acceptors (Lipinski definition) is 3. The lowest BCUT2D eigenvalue weighted by atomic mass is 10.0. The van der Waals surface area contributed by atoms with Gasteiger partial charge in [-0.2, -0.15) is 0 Å². The highest BCUT2D eigenvalue weighted by Gasteiger charge is 2.29. The largest absolute Gasteiger partial charge is 0.494 e. The topological polar surface area (TPSA) is 54.9 Å². The lowest BCUT2D eigenvalue weighted by molar-refractivity contribution is 0.0243. The molecule has 0 amide bonds. The van der Waals surface area contributed by atoms with Crippen molar-refractivity contribution in [3.63, 3.8) is 0 Å². The molecule has 5 heteroatoms. The van der Waals surface area contributed by atoms with Crippen LogP contribution in [0.1, 0.15) is 32.3 Å². The normalized spacial score (nSPS) is 21.7. The number of rotatable bonds is 6. The molecule has 1 fully saturated rings. The van der Waals surface area contributed by atoms with Gasteiger partial charge in [0.2, 0.25) is 0 Å². The first-order valence-corrected chi connectivity index (χ1v) is 7.96. The summed E-state index contributed by atoms with van der Waals surface area (Å²) < 4.78 is 11.4. The zero-order chi connectivity index (χ0) is 15.8. The summed E-state index contributed by atoms with van der Waals surface area (Å²) in [4.78, 5) is 4.27. The molecule has 122 valence electrons. The number of ether oxygens (including phenoxy) is 2. The fraction of sp³-hybridized carbons (Fsp3) is 0.588. The fourth-order valence-corrected chi connectivity index (χ4v) is 2.59. The molecule has 0 aliphatic carbocycles. The number of aliphatic imine (C=N–C) groups is 1. The molecule has 0 spiro atoms. The molecule has 5 nitrogen and oxygen atoms in total. The predicted molar refractivity (Wildman–Crippen MR) is 89.4 cm³/mol. The minimum absolute atomic E-state index is 0.0825. The van der Waals surface area contributed by atoms with Gasteiger partial charge in [-0.1, -0.05) is 18.2 Å². The lowest BCUT2D eigenvalue weighted by Gasteiger charge is -2.24. The molecule has 1 aliphatic heterocycles. The summed E-state index contributed by atoms with van der Waals surface area (Å²) in [7, 11) is 1.78. The minimum atomic E-state index is -0.0825. The van der Waals surface area contributed by atoms with Crippen molar-refractivity contribution in [1.29, 1.82) is 0 Å². The van der Waals surface area contributed by atoms with Crippen LogP contribution in [0.25, 0.3) is 0 Å². The van der Waals surface area contributed by atoms with Crippen molar-refractivity contribution in [2.75, 3.05) is 26.8 Å². The van der Waals surface area contributed by atoms with E-state index in [1.54, 1.807) is 7.05 Å². The number of guanidine groups is 1. The molecule has 2 rings (SSSR count). The summed E-state index contributed by atoms with van der Waals surface area (Å²) >= 11 is 0. The molecule has 1 saturated heterocycles. The Bertz CT molecular complexity index is 496. The van der Waals surface area contributed by atoms with Crippen molar-refractivity contribution < 1.29 is 9.47 Å². The molecule has 2 N–H and O–H groups in total. The maximum atomic E-state index is 5.78. The molecule has 1 atom stereocenters. The number of nitrogens with zero attached hydrogens (tertiary/aromatic N) is 1. The monoisotopic (exact) mass is 305 g/mol. The van der Waals surface area contributed by atoms with Crippen LogP contribution >= 0.6 is 0 Å². The van der Waals surface area contributed by atoms with Crippen molar-refractivity contribution in [1.82, 2.24) is 10.6 Å². The SMILES string of the molecule is CCOc1ccccc1CNC(=NC)NCC1(C)CCCO1. The van der Waals surface area contributed by atoms with Gasteiger partial charge in [-0.25, -0.2) is 0 Å². The van der Waals surface area contributed by atoms with Crippen LogP contribution < -0.4 is 15.4 Å². The molecular formula is C17H27N3O2. The smallest absolute Gasteiger partial charge is 0.191 e. The van der Waals surface area contributed by atoms with Crippen molar-refractivity contribution in [3.05, 3.63) is 29.8 Å². The van der Waals surface area contributed by atoms with Crippen molar-refractivity contribution in [2.45, 2.75) is 38.8 Å². The van der Waals surface area contributed by atoms with E-state index in [0.29, 0.717) is 13.2 Å². The van der Waals surface area contributed by atoms with Crippen LogP contribution in [0.3, 0.4) is 0 Å². The molecule has 1 unspecified atom stereocenters. The van der Waals surface area contributed by atoms with Gasteiger partial charge in [-0.05, 0) is 32.8 Å². The van der Waals surface area contributed by atoms with Gasteiger partial charge in [0, 0.05) is 32.3 Å². The van der Waals surface area contributed by atoms with Crippen molar-refractivity contribution in [2.24, 2.45) is 4.99 Å². The van der Waals surface area contributed by atoms with E-state index in [9.17, 15) is 0 Å². The highest BCUT2D eigenvalue weighted by atomic mass is 16.5. The Kier molecular flexibility index (Phi) is 6.07. The van der Waals surface area contributed by atoms with E-state index in [0.717, 1.165) is 43.3 Å². The average Bonchev–Trinajstić information content (AvgIpc) is 2.96. The molecule has 0 aromatic heterocycles. The summed E-state index contributed by atoms with van der Waals surface area (Å²) in [6.07, 6.45) is 2.22. The molecule has 1 aromatic carbocycles. The second kappa shape index (κ2) is 8.03. The second-order valence-electron chi connectivity index (χ2n) is 5.72. The number of hydrogen-bond donors (Lipinski definition) is 2. The van der Waals surface area contributed by atoms with Gasteiger partial charge < -0.3 is 20.1 Å². The molecule has 0 bridgehead atoms. The summed E-state index contributed by atoms with van der Waals surface area (Å²) in [6.45, 7) is 7.09. The van der Waals surface area contributed by atoms with Crippen LogP contribution in [0, 0.1) is 0 Å². The van der Waals surface area contributed by atoms with E-state index in [1.165, 1.54) is 0 Å². The molecule has 22 heavy (non-hydrogen) atoms. The van der Waals surface area contributed by atoms with Gasteiger partial charge in [-0.3, -0.25) is 4.99 Å². The Morgan fingerprint density at radius 3 is 2.86 bits per heavy atom. The van der Waals surface area contributed by atoms with Gasteiger partial charge in [0.05, 0.1) is 12.2 Å². The molecule has 1 aliphatic rings. The predicted octanol–water partition coefficient (Wildman–Crippen LogP) is 2.32. The standard InChI is InChI=1S/C17H27N3O2/c1-4-21-15-9-6-5-8-14(15)12-19-16(18-3)20-13-17(2)10-7-11-22-17/h5-6,8-9H,4,7,10-13H2,1-3H3,(H2,18,19,20). The van der Waals surface area contributed by atoms with E-state index in [4.69, 9.17) is 9.47 Å². The van der Waals surface area contributed by atoms with Gasteiger partial charge in [0.1, 0.15) is 5.75 Å². The van der Waals surface area contributed by atoms with Crippen LogP contribution in [0.5, 0.6) is 5.75 Å². The maximum Gasteiger partial charge on any atom is 0.191 e. The Labute approximate surface area is 133 Å². The van der Waals surface area contributed by atoms with E-state index >= 15 is 0 Å². The molecule has 0 radical (unpaired) electrons. The van der Waals surface area contributed by atoms with E-state index in [2.05, 4.69) is 28.6 Å². The van der Waals surface area contributed by atoms with E-state index < -0.39 is 0 Å². The summed E-state index contributed by atoms with van der Waals surface area (Å²) in [5.41, 5.74) is 1.04. The molecule has 1 aromatic rings. The third-order valence-electron chi connectivity index (χ3n) is 3.87. The third-order valence-corrected chi connectivity index (χ3v) is 3.87.